The maximum Gasteiger partial charge on any atom is 0.295 e. The molecular weight excluding hydrogens is 430 g/mol. The van der Waals surface area contributed by atoms with Crippen LogP contribution in [0, 0.1) is 6.92 Å². The maximum atomic E-state index is 13.3. The van der Waals surface area contributed by atoms with Crippen LogP contribution in [0.2, 0.25) is 0 Å². The summed E-state index contributed by atoms with van der Waals surface area (Å²) in [7, 11) is 1.83. The zero-order chi connectivity index (χ0) is 21.1. The minimum absolute atomic E-state index is 0.171. The quantitative estimate of drug-likeness (QED) is 0.525. The van der Waals surface area contributed by atoms with Gasteiger partial charge >= 0.3 is 0 Å². The van der Waals surface area contributed by atoms with Gasteiger partial charge in [0.2, 0.25) is 0 Å². The van der Waals surface area contributed by atoms with Crippen LogP contribution in [0.1, 0.15) is 25.1 Å². The summed E-state index contributed by atoms with van der Waals surface area (Å²) in [5, 5.41) is 0. The molecule has 0 unspecified atom stereocenters. The summed E-state index contributed by atoms with van der Waals surface area (Å²) in [5.41, 5.74) is 2.60. The van der Waals surface area contributed by atoms with Gasteiger partial charge in [-0.2, -0.15) is 0 Å². The molecule has 0 aliphatic heterocycles. The Labute approximate surface area is 179 Å². The fourth-order valence-corrected chi connectivity index (χ4v) is 3.54. The van der Waals surface area contributed by atoms with Gasteiger partial charge in [0.1, 0.15) is 5.69 Å². The molecule has 0 spiro atoms. The SMILES string of the molecule is Cc1c(N(C(=O)/C=C/c2ccc(Br)cc2)C(C)C)c(=O)n(-c2ccccc2)n1C. The van der Waals surface area contributed by atoms with E-state index in [0.29, 0.717) is 5.69 Å². The van der Waals surface area contributed by atoms with Crippen LogP contribution in [0.4, 0.5) is 5.69 Å². The first kappa shape index (κ1) is 20.9. The van der Waals surface area contributed by atoms with E-state index in [-0.39, 0.29) is 17.5 Å². The van der Waals surface area contributed by atoms with Crippen molar-refractivity contribution in [3.05, 3.63) is 86.8 Å². The smallest absolute Gasteiger partial charge is 0.295 e. The van der Waals surface area contributed by atoms with Crippen molar-refractivity contribution >= 4 is 33.6 Å². The molecule has 3 aromatic rings. The van der Waals surface area contributed by atoms with E-state index < -0.39 is 0 Å². The third-order valence-electron chi connectivity index (χ3n) is 4.81. The largest absolute Gasteiger partial charge is 0.300 e. The number of nitrogens with zero attached hydrogens (tertiary/aromatic N) is 3. The number of benzene rings is 2. The predicted molar refractivity (Wildman–Crippen MR) is 122 cm³/mol. The Bertz CT molecular complexity index is 1090. The number of halogens is 1. The van der Waals surface area contributed by atoms with Gasteiger partial charge in [-0.05, 0) is 56.7 Å². The lowest BCUT2D eigenvalue weighted by Crippen LogP contribution is -2.39. The highest BCUT2D eigenvalue weighted by Gasteiger charge is 2.26. The highest BCUT2D eigenvalue weighted by Crippen LogP contribution is 2.21. The first-order valence-electron chi connectivity index (χ1n) is 9.42. The molecule has 0 atom stereocenters. The van der Waals surface area contributed by atoms with Gasteiger partial charge in [-0.15, -0.1) is 0 Å². The van der Waals surface area contributed by atoms with Gasteiger partial charge in [-0.1, -0.05) is 46.3 Å². The summed E-state index contributed by atoms with van der Waals surface area (Å²) in [6.45, 7) is 5.67. The highest BCUT2D eigenvalue weighted by atomic mass is 79.9. The monoisotopic (exact) mass is 453 g/mol. The molecule has 0 radical (unpaired) electrons. The van der Waals surface area contributed by atoms with E-state index in [0.717, 1.165) is 21.4 Å². The molecule has 0 saturated heterocycles. The van der Waals surface area contributed by atoms with Crippen LogP contribution in [0.15, 0.2) is 69.9 Å². The van der Waals surface area contributed by atoms with E-state index in [9.17, 15) is 9.59 Å². The first-order chi connectivity index (χ1) is 13.8. The zero-order valence-electron chi connectivity index (χ0n) is 17.0. The summed E-state index contributed by atoms with van der Waals surface area (Å²) in [6, 6.07) is 16.9. The minimum atomic E-state index is -0.228. The maximum absolute atomic E-state index is 13.3. The van der Waals surface area contributed by atoms with Crippen molar-refractivity contribution < 1.29 is 4.79 Å². The molecule has 0 bridgehead atoms. The van der Waals surface area contributed by atoms with Gasteiger partial charge in [-0.3, -0.25) is 19.2 Å². The standard InChI is InChI=1S/C23H24BrN3O2/c1-16(2)26(21(28)15-12-18-10-13-19(24)14-11-18)22-17(3)25(4)27(23(22)29)20-8-6-5-7-9-20/h5-16H,1-4H3/b15-12+. The Balaban J connectivity index is 2.03. The van der Waals surface area contributed by atoms with Crippen molar-refractivity contribution in [1.82, 2.24) is 9.36 Å². The number of amides is 1. The van der Waals surface area contributed by atoms with Gasteiger partial charge in [-0.25, -0.2) is 4.68 Å². The number of carbonyl (C=O) groups is 1. The van der Waals surface area contributed by atoms with Crippen molar-refractivity contribution in [2.24, 2.45) is 7.05 Å². The van der Waals surface area contributed by atoms with E-state index in [2.05, 4.69) is 15.9 Å². The van der Waals surface area contributed by atoms with E-state index in [1.54, 1.807) is 20.3 Å². The number of hydrogen-bond donors (Lipinski definition) is 0. The predicted octanol–water partition coefficient (Wildman–Crippen LogP) is 4.70. The number of rotatable bonds is 5. The lowest BCUT2D eigenvalue weighted by atomic mass is 10.2. The summed E-state index contributed by atoms with van der Waals surface area (Å²) in [5.74, 6) is -0.228. The Hall–Kier alpha value is -2.86. The molecule has 0 fully saturated rings. The van der Waals surface area contributed by atoms with Crippen LogP contribution in [0.25, 0.3) is 11.8 Å². The highest BCUT2D eigenvalue weighted by molar-refractivity contribution is 9.10. The average molecular weight is 454 g/mol. The van der Waals surface area contributed by atoms with Gasteiger partial charge in [0.05, 0.1) is 11.4 Å². The minimum Gasteiger partial charge on any atom is -0.300 e. The Morgan fingerprint density at radius 2 is 1.69 bits per heavy atom. The lowest BCUT2D eigenvalue weighted by Gasteiger charge is -2.24. The third-order valence-corrected chi connectivity index (χ3v) is 5.34. The molecule has 0 saturated carbocycles. The normalized spacial score (nSPS) is 11.4. The lowest BCUT2D eigenvalue weighted by molar-refractivity contribution is -0.114. The number of anilines is 1. The third kappa shape index (κ3) is 4.27. The molecule has 1 heterocycles. The van der Waals surface area contributed by atoms with Gasteiger partial charge in [0, 0.05) is 23.6 Å². The number of hydrogen-bond acceptors (Lipinski definition) is 2. The molecule has 1 amide bonds. The van der Waals surface area contributed by atoms with Crippen molar-refractivity contribution in [2.75, 3.05) is 4.90 Å². The van der Waals surface area contributed by atoms with Crippen molar-refractivity contribution in [3.8, 4) is 5.69 Å². The molecule has 1 aromatic heterocycles. The Morgan fingerprint density at radius 1 is 1.07 bits per heavy atom. The second-order valence-electron chi connectivity index (χ2n) is 7.10. The van der Waals surface area contributed by atoms with E-state index in [1.807, 2.05) is 82.4 Å². The molecule has 0 aliphatic rings. The van der Waals surface area contributed by atoms with E-state index in [1.165, 1.54) is 6.08 Å². The van der Waals surface area contributed by atoms with Crippen LogP contribution >= 0.6 is 15.9 Å². The van der Waals surface area contributed by atoms with Crippen LogP contribution in [-0.2, 0) is 11.8 Å². The summed E-state index contributed by atoms with van der Waals surface area (Å²) >= 11 is 3.40. The number of aromatic nitrogens is 2. The zero-order valence-corrected chi connectivity index (χ0v) is 18.6. The molecule has 6 heteroatoms. The molecule has 2 aromatic carbocycles. The number of carbonyl (C=O) groups excluding carboxylic acids is 1. The molecule has 0 aliphatic carbocycles. The summed E-state index contributed by atoms with van der Waals surface area (Å²) < 4.78 is 4.35. The van der Waals surface area contributed by atoms with Crippen molar-refractivity contribution in [1.29, 1.82) is 0 Å². The second-order valence-corrected chi connectivity index (χ2v) is 8.01. The molecule has 0 N–H and O–H groups in total. The fourth-order valence-electron chi connectivity index (χ4n) is 3.28. The van der Waals surface area contributed by atoms with E-state index >= 15 is 0 Å². The first-order valence-corrected chi connectivity index (χ1v) is 10.2. The molecule has 29 heavy (non-hydrogen) atoms. The molecular formula is C23H24BrN3O2. The van der Waals surface area contributed by atoms with Crippen LogP contribution in [0.5, 0.6) is 0 Å². The Morgan fingerprint density at radius 3 is 2.28 bits per heavy atom. The molecule has 5 nitrogen and oxygen atoms in total. The topological polar surface area (TPSA) is 47.2 Å². The van der Waals surface area contributed by atoms with Crippen LogP contribution in [0.3, 0.4) is 0 Å². The summed E-state index contributed by atoms with van der Waals surface area (Å²) in [6.07, 6.45) is 3.28. The van der Waals surface area contributed by atoms with Gasteiger partial charge < -0.3 is 0 Å². The molecule has 150 valence electrons. The van der Waals surface area contributed by atoms with Crippen molar-refractivity contribution in [3.63, 3.8) is 0 Å². The van der Waals surface area contributed by atoms with E-state index in [4.69, 9.17) is 0 Å². The fraction of sp³-hybridized carbons (Fsp3) is 0.217. The van der Waals surface area contributed by atoms with Gasteiger partial charge in [0.25, 0.3) is 11.5 Å². The van der Waals surface area contributed by atoms with Crippen LogP contribution in [-0.4, -0.2) is 21.3 Å². The average Bonchev–Trinajstić information content (AvgIpc) is 2.91. The Kier molecular flexibility index (Phi) is 6.23. The van der Waals surface area contributed by atoms with Crippen molar-refractivity contribution in [2.45, 2.75) is 26.8 Å². The number of para-hydroxylation sites is 1. The summed E-state index contributed by atoms with van der Waals surface area (Å²) in [4.78, 5) is 27.9. The van der Waals surface area contributed by atoms with Gasteiger partial charge in [0.15, 0.2) is 0 Å². The molecule has 3 rings (SSSR count). The van der Waals surface area contributed by atoms with Crippen LogP contribution < -0.4 is 10.5 Å². The second kappa shape index (κ2) is 8.66.